The molecule has 0 aromatic carbocycles. The predicted molar refractivity (Wildman–Crippen MR) is 64.5 cm³/mol. The predicted octanol–water partition coefficient (Wildman–Crippen LogP) is 3.13. The second-order valence-electron chi connectivity index (χ2n) is 4.38. The molecule has 1 aliphatic rings. The Morgan fingerprint density at radius 1 is 0.375 bits per heavy atom. The molecule has 0 spiro atoms. The normalized spacial score (nSPS) is 24.0. The van der Waals surface area contributed by atoms with Crippen LogP contribution in [0.15, 0.2) is 0 Å². The summed E-state index contributed by atoms with van der Waals surface area (Å²) in [6.07, 6.45) is 10.4. The van der Waals surface area contributed by atoms with Crippen LogP contribution in [0.4, 0.5) is 0 Å². The molecular formula is C13H26O3. The highest BCUT2D eigenvalue weighted by atomic mass is 16.7. The van der Waals surface area contributed by atoms with Crippen molar-refractivity contribution in [1.29, 1.82) is 0 Å². The van der Waals surface area contributed by atoms with E-state index in [9.17, 15) is 0 Å². The molecule has 1 heterocycles. The molecule has 0 aromatic rings. The monoisotopic (exact) mass is 230 g/mol. The van der Waals surface area contributed by atoms with Gasteiger partial charge in [0, 0.05) is 13.2 Å². The number of rotatable bonds is 0. The van der Waals surface area contributed by atoms with E-state index in [-0.39, 0.29) is 0 Å². The molecule has 0 amide bonds. The molecule has 0 saturated carbocycles. The smallest absolute Gasteiger partial charge is 0.146 e. The minimum Gasteiger partial charge on any atom is -0.379 e. The van der Waals surface area contributed by atoms with Crippen molar-refractivity contribution < 1.29 is 14.2 Å². The molecule has 0 radical (unpaired) electrons. The van der Waals surface area contributed by atoms with E-state index in [1.54, 1.807) is 0 Å². The van der Waals surface area contributed by atoms with E-state index in [2.05, 4.69) is 0 Å². The Morgan fingerprint density at radius 3 is 1.50 bits per heavy atom. The fourth-order valence-electron chi connectivity index (χ4n) is 1.87. The van der Waals surface area contributed by atoms with Crippen LogP contribution in [0.2, 0.25) is 0 Å². The van der Waals surface area contributed by atoms with Gasteiger partial charge in [-0.1, -0.05) is 38.5 Å². The third-order valence-electron chi connectivity index (χ3n) is 2.87. The van der Waals surface area contributed by atoms with Crippen LogP contribution in [0, 0.1) is 0 Å². The summed E-state index contributed by atoms with van der Waals surface area (Å²) in [6, 6.07) is 0. The quantitative estimate of drug-likeness (QED) is 0.640. The van der Waals surface area contributed by atoms with Gasteiger partial charge in [-0.3, -0.25) is 0 Å². The molecule has 0 atom stereocenters. The van der Waals surface area contributed by atoms with Crippen LogP contribution in [0.1, 0.15) is 51.4 Å². The summed E-state index contributed by atoms with van der Waals surface area (Å²) in [5.74, 6) is 0. The van der Waals surface area contributed by atoms with Crippen molar-refractivity contribution in [2.75, 3.05) is 33.2 Å². The first kappa shape index (κ1) is 13.9. The Hall–Kier alpha value is -0.120. The zero-order chi connectivity index (χ0) is 11.3. The lowest BCUT2D eigenvalue weighted by molar-refractivity contribution is -0.0703. The summed E-state index contributed by atoms with van der Waals surface area (Å²) in [7, 11) is 0. The zero-order valence-electron chi connectivity index (χ0n) is 10.4. The molecule has 0 N–H and O–H groups in total. The maximum Gasteiger partial charge on any atom is 0.146 e. The van der Waals surface area contributed by atoms with E-state index >= 15 is 0 Å². The first-order valence-electron chi connectivity index (χ1n) is 6.73. The van der Waals surface area contributed by atoms with Crippen LogP contribution < -0.4 is 0 Å². The SMILES string of the molecule is C1CCCCCOCOCCOCCCC1. The number of ether oxygens (including phenoxy) is 3. The van der Waals surface area contributed by atoms with Crippen LogP contribution in [-0.4, -0.2) is 33.2 Å². The average Bonchev–Trinajstić information content (AvgIpc) is 2.29. The van der Waals surface area contributed by atoms with Crippen LogP contribution in [0.5, 0.6) is 0 Å². The first-order chi connectivity index (χ1) is 8.00. The van der Waals surface area contributed by atoms with Gasteiger partial charge in [0.15, 0.2) is 0 Å². The van der Waals surface area contributed by atoms with E-state index < -0.39 is 0 Å². The molecular weight excluding hydrogens is 204 g/mol. The molecule has 1 rings (SSSR count). The fraction of sp³-hybridized carbons (Fsp3) is 1.00. The van der Waals surface area contributed by atoms with E-state index in [0.717, 1.165) is 13.2 Å². The lowest BCUT2D eigenvalue weighted by atomic mass is 10.1. The van der Waals surface area contributed by atoms with Crippen LogP contribution in [-0.2, 0) is 14.2 Å². The van der Waals surface area contributed by atoms with Gasteiger partial charge in [-0.05, 0) is 12.8 Å². The molecule has 16 heavy (non-hydrogen) atoms. The second kappa shape index (κ2) is 11.4. The average molecular weight is 230 g/mol. The highest BCUT2D eigenvalue weighted by Crippen LogP contribution is 2.08. The van der Waals surface area contributed by atoms with E-state index in [4.69, 9.17) is 14.2 Å². The van der Waals surface area contributed by atoms with Crippen molar-refractivity contribution in [3.63, 3.8) is 0 Å². The second-order valence-corrected chi connectivity index (χ2v) is 4.38. The van der Waals surface area contributed by atoms with Gasteiger partial charge in [0.25, 0.3) is 0 Å². The van der Waals surface area contributed by atoms with Crippen molar-refractivity contribution >= 4 is 0 Å². The molecule has 0 aromatic heterocycles. The summed E-state index contributed by atoms with van der Waals surface area (Å²) >= 11 is 0. The molecule has 3 heteroatoms. The molecule has 0 unspecified atom stereocenters. The van der Waals surface area contributed by atoms with Gasteiger partial charge in [0.2, 0.25) is 0 Å². The van der Waals surface area contributed by atoms with Crippen molar-refractivity contribution in [2.24, 2.45) is 0 Å². The van der Waals surface area contributed by atoms with Crippen LogP contribution in [0.25, 0.3) is 0 Å². The van der Waals surface area contributed by atoms with Gasteiger partial charge < -0.3 is 14.2 Å². The maximum atomic E-state index is 5.45. The lowest BCUT2D eigenvalue weighted by Crippen LogP contribution is -2.08. The van der Waals surface area contributed by atoms with E-state index in [1.807, 2.05) is 0 Å². The Morgan fingerprint density at radius 2 is 0.812 bits per heavy atom. The fourth-order valence-corrected chi connectivity index (χ4v) is 1.87. The Balaban J connectivity index is 2.00. The van der Waals surface area contributed by atoms with Gasteiger partial charge in [-0.15, -0.1) is 0 Å². The lowest BCUT2D eigenvalue weighted by Gasteiger charge is -2.08. The summed E-state index contributed by atoms with van der Waals surface area (Å²) in [4.78, 5) is 0. The molecule has 1 aliphatic heterocycles. The van der Waals surface area contributed by atoms with E-state index in [0.29, 0.717) is 20.0 Å². The molecule has 0 bridgehead atoms. The highest BCUT2D eigenvalue weighted by Gasteiger charge is 1.95. The first-order valence-corrected chi connectivity index (χ1v) is 6.73. The Kier molecular flexibility index (Phi) is 9.91. The highest BCUT2D eigenvalue weighted by molar-refractivity contribution is 4.47. The largest absolute Gasteiger partial charge is 0.379 e. The maximum absolute atomic E-state index is 5.45. The number of hydrogen-bond acceptors (Lipinski definition) is 3. The summed E-state index contributed by atoms with van der Waals surface area (Å²) < 4.78 is 16.1. The summed E-state index contributed by atoms with van der Waals surface area (Å²) in [5.41, 5.74) is 0. The third kappa shape index (κ3) is 9.13. The van der Waals surface area contributed by atoms with Crippen molar-refractivity contribution in [2.45, 2.75) is 51.4 Å². The van der Waals surface area contributed by atoms with Gasteiger partial charge >= 0.3 is 0 Å². The zero-order valence-corrected chi connectivity index (χ0v) is 10.4. The van der Waals surface area contributed by atoms with Gasteiger partial charge in [0.05, 0.1) is 13.2 Å². The minimum atomic E-state index is 0.420. The standard InChI is InChI=1S/C13H26O3/c1-2-4-6-8-10-15-13-16-12-11-14-9-7-5-3-1/h1-13H2. The molecule has 3 nitrogen and oxygen atoms in total. The van der Waals surface area contributed by atoms with E-state index in [1.165, 1.54) is 51.4 Å². The van der Waals surface area contributed by atoms with Gasteiger partial charge in [-0.25, -0.2) is 0 Å². The van der Waals surface area contributed by atoms with Crippen molar-refractivity contribution in [3.8, 4) is 0 Å². The molecule has 0 aliphatic carbocycles. The minimum absolute atomic E-state index is 0.420. The Bertz CT molecular complexity index is 75.1. The van der Waals surface area contributed by atoms with Gasteiger partial charge in [-0.2, -0.15) is 0 Å². The Labute approximate surface area is 99.5 Å². The molecule has 96 valence electrons. The summed E-state index contributed by atoms with van der Waals surface area (Å²) in [5, 5.41) is 0. The van der Waals surface area contributed by atoms with Crippen molar-refractivity contribution in [1.82, 2.24) is 0 Å². The molecule has 1 saturated heterocycles. The topological polar surface area (TPSA) is 27.7 Å². The molecule has 1 fully saturated rings. The number of hydrogen-bond donors (Lipinski definition) is 0. The van der Waals surface area contributed by atoms with Crippen molar-refractivity contribution in [3.05, 3.63) is 0 Å². The third-order valence-corrected chi connectivity index (χ3v) is 2.87. The van der Waals surface area contributed by atoms with Crippen LogP contribution in [0.3, 0.4) is 0 Å². The van der Waals surface area contributed by atoms with Gasteiger partial charge in [0.1, 0.15) is 6.79 Å². The summed E-state index contributed by atoms with van der Waals surface area (Å²) in [6.45, 7) is 3.48. The van der Waals surface area contributed by atoms with Crippen LogP contribution >= 0.6 is 0 Å².